The van der Waals surface area contributed by atoms with Crippen molar-refractivity contribution in [1.29, 1.82) is 0 Å². The molecule has 1 spiro atoms. The zero-order chi connectivity index (χ0) is 30.4. The van der Waals surface area contributed by atoms with Gasteiger partial charge in [0.05, 0.1) is 41.4 Å². The number of piperidine rings is 1. The fourth-order valence-electron chi connectivity index (χ4n) is 6.23. The van der Waals surface area contributed by atoms with Crippen LogP contribution in [0.3, 0.4) is 0 Å². The van der Waals surface area contributed by atoms with Gasteiger partial charge in [0, 0.05) is 59.6 Å². The first-order valence-electron chi connectivity index (χ1n) is 14.5. The van der Waals surface area contributed by atoms with E-state index in [-0.39, 0.29) is 17.6 Å². The summed E-state index contributed by atoms with van der Waals surface area (Å²) in [6.07, 6.45) is 8.12. The molecule has 5 heterocycles. The molecule has 3 aromatic heterocycles. The van der Waals surface area contributed by atoms with Gasteiger partial charge in [-0.3, -0.25) is 14.7 Å². The summed E-state index contributed by atoms with van der Waals surface area (Å²) in [5.41, 5.74) is 1.20. The third kappa shape index (κ3) is 5.94. The van der Waals surface area contributed by atoms with Crippen LogP contribution in [0.1, 0.15) is 50.9 Å². The number of aliphatic hydroxyl groups is 1. The van der Waals surface area contributed by atoms with Crippen molar-refractivity contribution in [1.82, 2.24) is 24.7 Å². The third-order valence-corrected chi connectivity index (χ3v) is 9.28. The maximum absolute atomic E-state index is 12.3. The molecule has 2 N–H and O–H groups in total. The van der Waals surface area contributed by atoms with Crippen LogP contribution >= 0.6 is 11.8 Å². The number of rotatable bonds is 7. The molecule has 0 bridgehead atoms. The summed E-state index contributed by atoms with van der Waals surface area (Å²) in [4.78, 5) is 30.5. The highest BCUT2D eigenvalue weighted by molar-refractivity contribution is 7.99. The van der Waals surface area contributed by atoms with E-state index >= 15 is 0 Å². The van der Waals surface area contributed by atoms with Crippen molar-refractivity contribution < 1.29 is 24.1 Å². The van der Waals surface area contributed by atoms with Crippen LogP contribution in [0.5, 0.6) is 0 Å². The van der Waals surface area contributed by atoms with Crippen molar-refractivity contribution in [3.8, 4) is 0 Å². The lowest BCUT2D eigenvalue weighted by molar-refractivity contribution is -0.190. The molecule has 0 amide bonds. The number of aliphatic hydroxyl groups excluding tert-OH is 1. The Labute approximate surface area is 255 Å². The maximum Gasteiger partial charge on any atom is 0.340 e. The van der Waals surface area contributed by atoms with Gasteiger partial charge in [-0.05, 0) is 52.7 Å². The predicted molar refractivity (Wildman–Crippen MR) is 163 cm³/mol. The number of esters is 1. The molecule has 2 aliphatic rings. The first-order valence-corrected chi connectivity index (χ1v) is 15.3. The Bertz CT molecular complexity index is 1640. The molecule has 0 aliphatic carbocycles. The maximum atomic E-state index is 12.3. The molecule has 6 rings (SSSR count). The Hall–Kier alpha value is -3.29. The molecule has 2 saturated heterocycles. The van der Waals surface area contributed by atoms with E-state index in [4.69, 9.17) is 19.2 Å². The minimum Gasteiger partial charge on any atom is -0.465 e. The molecule has 4 atom stereocenters. The number of carbonyl (C=O) groups is 1. The summed E-state index contributed by atoms with van der Waals surface area (Å²) >= 11 is 1.53. The number of fused-ring (bicyclic) bond motifs is 2. The fourth-order valence-corrected chi connectivity index (χ4v) is 7.22. The summed E-state index contributed by atoms with van der Waals surface area (Å²) in [5, 5.41) is 15.0. The second-order valence-corrected chi connectivity index (χ2v) is 13.4. The van der Waals surface area contributed by atoms with E-state index in [1.54, 1.807) is 18.5 Å². The Kier molecular flexibility index (Phi) is 8.07. The number of para-hydroxylation sites is 1. The third-order valence-electron chi connectivity index (χ3n) is 8.19. The van der Waals surface area contributed by atoms with Gasteiger partial charge in [-0.15, -0.1) is 0 Å². The van der Waals surface area contributed by atoms with Gasteiger partial charge in [-0.25, -0.2) is 14.8 Å². The summed E-state index contributed by atoms with van der Waals surface area (Å²) in [6.45, 7) is 9.94. The molecule has 1 aromatic carbocycles. The summed E-state index contributed by atoms with van der Waals surface area (Å²) < 4.78 is 18.8. The topological polar surface area (TPSA) is 123 Å². The van der Waals surface area contributed by atoms with Crippen LogP contribution in [-0.2, 0) is 14.2 Å². The van der Waals surface area contributed by atoms with Gasteiger partial charge >= 0.3 is 5.97 Å². The van der Waals surface area contributed by atoms with Crippen LogP contribution in [-0.4, -0.2) is 81.4 Å². The van der Waals surface area contributed by atoms with Gasteiger partial charge < -0.3 is 24.2 Å². The van der Waals surface area contributed by atoms with Crippen molar-refractivity contribution >= 4 is 40.2 Å². The van der Waals surface area contributed by atoms with Crippen molar-refractivity contribution in [2.45, 2.75) is 74.5 Å². The van der Waals surface area contributed by atoms with E-state index in [1.165, 1.54) is 18.9 Å². The molecule has 4 aromatic rings. The number of benzene rings is 1. The Morgan fingerprint density at radius 3 is 2.79 bits per heavy atom. The predicted octanol–water partition coefficient (Wildman–Crippen LogP) is 4.27. The molecule has 0 saturated carbocycles. The summed E-state index contributed by atoms with van der Waals surface area (Å²) in [5.74, 6) is 0.360. The van der Waals surface area contributed by atoms with Crippen LogP contribution in [0, 0.1) is 5.41 Å². The van der Waals surface area contributed by atoms with E-state index in [2.05, 4.69) is 27.1 Å². The first-order chi connectivity index (χ1) is 20.6. The van der Waals surface area contributed by atoms with Gasteiger partial charge in [-0.1, -0.05) is 23.9 Å². The molecular weight excluding hydrogens is 568 g/mol. The number of aromatic nitrogens is 4. The van der Waals surface area contributed by atoms with Crippen molar-refractivity contribution in [3.05, 3.63) is 54.6 Å². The van der Waals surface area contributed by atoms with Crippen molar-refractivity contribution in [3.63, 3.8) is 0 Å². The lowest BCUT2D eigenvalue weighted by Crippen LogP contribution is -2.61. The lowest BCUT2D eigenvalue weighted by atomic mass is 9.73. The number of pyridine rings is 1. The van der Waals surface area contributed by atoms with Gasteiger partial charge in [0.15, 0.2) is 5.65 Å². The van der Waals surface area contributed by atoms with Crippen LogP contribution in [0.4, 0.5) is 5.95 Å². The smallest absolute Gasteiger partial charge is 0.340 e. The average Bonchev–Trinajstić information content (AvgIpc) is 3.61. The number of nitrogens with zero attached hydrogens (tertiary/aromatic N) is 5. The van der Waals surface area contributed by atoms with E-state index in [9.17, 15) is 9.90 Å². The van der Waals surface area contributed by atoms with Crippen LogP contribution in [0.25, 0.3) is 16.6 Å². The largest absolute Gasteiger partial charge is 0.465 e. The van der Waals surface area contributed by atoms with Gasteiger partial charge in [-0.2, -0.15) is 0 Å². The molecule has 2 aliphatic heterocycles. The monoisotopic (exact) mass is 606 g/mol. The highest BCUT2D eigenvalue weighted by Crippen LogP contribution is 2.43. The molecular formula is C31H38N6O5S. The standard InChI is InChI=1S/C31H38N6O5S/c1-19-15-31(18-41-19)10-13-36(17-24(31)35-29(39)42-30(2,3)4)28-34-16-23(26-33-12-14-37(26)28)43-22-9-11-32-25-20(22)7-6-8-21(25)27(38)40-5/h6-9,11-12,14,16,19,24,29,35,39H,10,13,15,17-18H2,1-5H3/t19-,24?,29?,31?/m0/s1. The van der Waals surface area contributed by atoms with Gasteiger partial charge in [0.1, 0.15) is 0 Å². The quantitative estimate of drug-likeness (QED) is 0.232. The average molecular weight is 607 g/mol. The number of ether oxygens (including phenoxy) is 3. The minimum absolute atomic E-state index is 0.0786. The van der Waals surface area contributed by atoms with Crippen LogP contribution < -0.4 is 10.2 Å². The van der Waals surface area contributed by atoms with Gasteiger partial charge in [0.2, 0.25) is 12.4 Å². The van der Waals surface area contributed by atoms with Gasteiger partial charge in [0.25, 0.3) is 0 Å². The molecule has 228 valence electrons. The minimum atomic E-state index is -1.10. The Balaban J connectivity index is 1.29. The first kappa shape index (κ1) is 29.8. The SMILES string of the molecule is COC(=O)c1cccc2c(Sc3cnc(N4CCC5(CO[C@@H](C)C5)C(NC(O)OC(C)(C)C)C4)n4ccnc34)ccnc12. The van der Waals surface area contributed by atoms with E-state index in [0.29, 0.717) is 24.2 Å². The Morgan fingerprint density at radius 2 is 2.05 bits per heavy atom. The fraction of sp³-hybridized carbons (Fsp3) is 0.484. The highest BCUT2D eigenvalue weighted by Gasteiger charge is 2.49. The highest BCUT2D eigenvalue weighted by atomic mass is 32.2. The van der Waals surface area contributed by atoms with E-state index in [0.717, 1.165) is 46.2 Å². The molecule has 0 radical (unpaired) electrons. The zero-order valence-corrected chi connectivity index (χ0v) is 25.9. The normalized spacial score (nSPS) is 23.3. The van der Waals surface area contributed by atoms with Crippen molar-refractivity contribution in [2.24, 2.45) is 5.41 Å². The molecule has 2 fully saturated rings. The lowest BCUT2D eigenvalue weighted by Gasteiger charge is -2.46. The van der Waals surface area contributed by atoms with Crippen molar-refractivity contribution in [2.75, 3.05) is 31.7 Å². The van der Waals surface area contributed by atoms with Crippen LogP contribution in [0.15, 0.2) is 58.8 Å². The number of imidazole rings is 1. The van der Waals surface area contributed by atoms with E-state index < -0.39 is 18.0 Å². The Morgan fingerprint density at radius 1 is 1.21 bits per heavy atom. The summed E-state index contributed by atoms with van der Waals surface area (Å²) in [6, 6.07) is 7.35. The number of nitrogens with one attached hydrogen (secondary N) is 1. The van der Waals surface area contributed by atoms with Crippen LogP contribution in [0.2, 0.25) is 0 Å². The zero-order valence-electron chi connectivity index (χ0n) is 25.1. The summed E-state index contributed by atoms with van der Waals surface area (Å²) in [7, 11) is 1.37. The number of anilines is 1. The second-order valence-electron chi connectivity index (χ2n) is 12.3. The second kappa shape index (κ2) is 11.7. The number of hydrogen-bond donors (Lipinski definition) is 2. The number of methoxy groups -OCH3 is 1. The van der Waals surface area contributed by atoms with E-state index in [1.807, 2.05) is 55.8 Å². The number of hydrogen-bond acceptors (Lipinski definition) is 11. The molecule has 11 nitrogen and oxygen atoms in total. The number of carbonyl (C=O) groups excluding carboxylic acids is 1. The molecule has 3 unspecified atom stereocenters. The molecule has 12 heteroatoms. The molecule has 43 heavy (non-hydrogen) atoms.